The Bertz CT molecular complexity index is 810. The van der Waals surface area contributed by atoms with Gasteiger partial charge in [-0.1, -0.05) is 35.9 Å². The van der Waals surface area contributed by atoms with Gasteiger partial charge in [0.2, 0.25) is 5.88 Å². The quantitative estimate of drug-likeness (QED) is 0.669. The number of benzene rings is 2. The third kappa shape index (κ3) is 2.80. The van der Waals surface area contributed by atoms with Crippen LogP contribution >= 0.6 is 0 Å². The zero-order valence-electron chi connectivity index (χ0n) is 13.7. The lowest BCUT2D eigenvalue weighted by Crippen LogP contribution is -2.27. The molecule has 0 aromatic heterocycles. The first-order valence-electron chi connectivity index (χ1n) is 7.82. The molecule has 0 bridgehead atoms. The van der Waals surface area contributed by atoms with Crippen LogP contribution in [-0.4, -0.2) is 12.6 Å². The summed E-state index contributed by atoms with van der Waals surface area (Å²) in [4.78, 5) is 12.5. The number of ether oxygens (including phenoxy) is 2. The molecule has 0 saturated carbocycles. The van der Waals surface area contributed by atoms with Gasteiger partial charge in [-0.25, -0.2) is 4.79 Å². The summed E-state index contributed by atoms with van der Waals surface area (Å²) in [6, 6.07) is 13.3. The van der Waals surface area contributed by atoms with Crippen molar-refractivity contribution in [3.8, 4) is 5.75 Å². The molecule has 5 heteroatoms. The maximum Gasteiger partial charge on any atom is 0.340 e. The number of aryl methyl sites for hydroxylation is 1. The molecular formula is C19H20N2O3. The van der Waals surface area contributed by atoms with Crippen LogP contribution in [0.2, 0.25) is 0 Å². The number of rotatable bonds is 3. The Morgan fingerprint density at radius 1 is 1.17 bits per heavy atom. The van der Waals surface area contributed by atoms with E-state index in [2.05, 4.69) is 0 Å². The monoisotopic (exact) mass is 324 g/mol. The summed E-state index contributed by atoms with van der Waals surface area (Å²) in [7, 11) is 0. The molecule has 1 unspecified atom stereocenters. The molecule has 0 fully saturated rings. The number of hydrogen-bond acceptors (Lipinski definition) is 5. The van der Waals surface area contributed by atoms with Crippen molar-refractivity contribution in [3.05, 3.63) is 70.6 Å². The molecule has 1 aliphatic heterocycles. The van der Waals surface area contributed by atoms with Gasteiger partial charge in [0.05, 0.1) is 12.5 Å². The number of nitrogens with two attached hydrogens (primary N) is 2. The molecular weight excluding hydrogens is 304 g/mol. The van der Waals surface area contributed by atoms with Gasteiger partial charge in [-0.05, 0) is 25.5 Å². The number of carbonyl (C=O) groups excluding carboxylic acids is 1. The van der Waals surface area contributed by atoms with E-state index >= 15 is 0 Å². The number of anilines is 1. The predicted octanol–water partition coefficient (Wildman–Crippen LogP) is 2.83. The van der Waals surface area contributed by atoms with Crippen LogP contribution in [0.15, 0.2) is 53.9 Å². The van der Waals surface area contributed by atoms with E-state index in [9.17, 15) is 4.79 Å². The van der Waals surface area contributed by atoms with Crippen molar-refractivity contribution < 1.29 is 14.3 Å². The molecule has 1 aliphatic rings. The Hall–Kier alpha value is -2.95. The standard InChI is InChI=1S/C19H20N2O3/c1-3-23-19(22)17-16(12-6-4-11(2)5-7-12)14-9-8-13(20)10-15(14)24-18(17)21/h4-10,16H,3,20-21H2,1-2H3. The minimum absolute atomic E-state index is 0.0529. The lowest BCUT2D eigenvalue weighted by molar-refractivity contribution is -0.139. The molecule has 0 radical (unpaired) electrons. The van der Waals surface area contributed by atoms with Crippen LogP contribution in [0.4, 0.5) is 5.69 Å². The second kappa shape index (κ2) is 6.28. The molecule has 3 rings (SSSR count). The van der Waals surface area contributed by atoms with Crippen LogP contribution in [0.3, 0.4) is 0 Å². The van der Waals surface area contributed by atoms with Crippen molar-refractivity contribution in [1.29, 1.82) is 0 Å². The zero-order chi connectivity index (χ0) is 17.3. The van der Waals surface area contributed by atoms with Gasteiger partial charge in [0.1, 0.15) is 11.3 Å². The van der Waals surface area contributed by atoms with Gasteiger partial charge in [0.25, 0.3) is 0 Å². The van der Waals surface area contributed by atoms with Gasteiger partial charge >= 0.3 is 5.97 Å². The summed E-state index contributed by atoms with van der Waals surface area (Å²) in [6.07, 6.45) is 0. The van der Waals surface area contributed by atoms with Crippen molar-refractivity contribution in [2.75, 3.05) is 12.3 Å². The second-order valence-electron chi connectivity index (χ2n) is 5.74. The Balaban J connectivity index is 2.18. The maximum atomic E-state index is 12.5. The van der Waals surface area contributed by atoms with E-state index in [0.717, 1.165) is 16.7 Å². The van der Waals surface area contributed by atoms with Crippen molar-refractivity contribution in [3.63, 3.8) is 0 Å². The van der Waals surface area contributed by atoms with Crippen molar-refractivity contribution in [1.82, 2.24) is 0 Å². The van der Waals surface area contributed by atoms with Gasteiger partial charge in [0, 0.05) is 17.3 Å². The van der Waals surface area contributed by atoms with E-state index in [-0.39, 0.29) is 18.4 Å². The minimum atomic E-state index is -0.469. The van der Waals surface area contributed by atoms with Gasteiger partial charge in [0.15, 0.2) is 0 Å². The van der Waals surface area contributed by atoms with Gasteiger partial charge < -0.3 is 20.9 Å². The summed E-state index contributed by atoms with van der Waals surface area (Å²) in [5, 5.41) is 0. The SMILES string of the molecule is CCOC(=O)C1=C(N)Oc2cc(N)ccc2C1c1ccc(C)cc1. The number of nitrogen functional groups attached to an aromatic ring is 1. The smallest absolute Gasteiger partial charge is 0.340 e. The first-order valence-corrected chi connectivity index (χ1v) is 7.82. The van der Waals surface area contributed by atoms with E-state index < -0.39 is 5.97 Å². The van der Waals surface area contributed by atoms with Crippen molar-refractivity contribution in [2.45, 2.75) is 19.8 Å². The lowest BCUT2D eigenvalue weighted by atomic mass is 9.82. The van der Waals surface area contributed by atoms with Crippen LogP contribution in [0.1, 0.15) is 29.5 Å². The third-order valence-electron chi connectivity index (χ3n) is 4.03. The van der Waals surface area contributed by atoms with Crippen LogP contribution < -0.4 is 16.2 Å². The predicted molar refractivity (Wildman–Crippen MR) is 92.4 cm³/mol. The van der Waals surface area contributed by atoms with E-state index in [1.807, 2.05) is 37.3 Å². The molecule has 2 aromatic carbocycles. The first-order chi connectivity index (χ1) is 11.5. The normalized spacial score (nSPS) is 16.3. The fourth-order valence-electron chi connectivity index (χ4n) is 2.88. The second-order valence-corrected chi connectivity index (χ2v) is 5.74. The average molecular weight is 324 g/mol. The molecule has 0 spiro atoms. The molecule has 0 saturated heterocycles. The third-order valence-corrected chi connectivity index (χ3v) is 4.03. The van der Waals surface area contributed by atoms with Gasteiger partial charge in [-0.2, -0.15) is 0 Å². The minimum Gasteiger partial charge on any atom is -0.462 e. The Morgan fingerprint density at radius 3 is 2.54 bits per heavy atom. The maximum absolute atomic E-state index is 12.5. The van der Waals surface area contributed by atoms with E-state index in [4.69, 9.17) is 20.9 Å². The molecule has 0 amide bonds. The lowest BCUT2D eigenvalue weighted by Gasteiger charge is -2.28. The van der Waals surface area contributed by atoms with Crippen LogP contribution in [0, 0.1) is 6.92 Å². The highest BCUT2D eigenvalue weighted by Gasteiger charge is 2.35. The Kier molecular flexibility index (Phi) is 4.16. The van der Waals surface area contributed by atoms with Gasteiger partial charge in [-0.3, -0.25) is 0 Å². The number of fused-ring (bicyclic) bond motifs is 1. The molecule has 1 atom stereocenters. The molecule has 0 aliphatic carbocycles. The summed E-state index contributed by atoms with van der Waals surface area (Å²) >= 11 is 0. The highest BCUT2D eigenvalue weighted by molar-refractivity contribution is 5.92. The summed E-state index contributed by atoms with van der Waals surface area (Å²) in [6.45, 7) is 4.04. The highest BCUT2D eigenvalue weighted by Crippen LogP contribution is 2.43. The fraction of sp³-hybridized carbons (Fsp3) is 0.211. The topological polar surface area (TPSA) is 87.6 Å². The number of hydrogen-bond donors (Lipinski definition) is 2. The van der Waals surface area contributed by atoms with Crippen molar-refractivity contribution in [2.24, 2.45) is 5.73 Å². The average Bonchev–Trinajstić information content (AvgIpc) is 2.54. The van der Waals surface area contributed by atoms with Crippen LogP contribution in [0.25, 0.3) is 0 Å². The van der Waals surface area contributed by atoms with E-state index in [0.29, 0.717) is 17.0 Å². The van der Waals surface area contributed by atoms with E-state index in [1.54, 1.807) is 19.1 Å². The molecule has 4 N–H and O–H groups in total. The van der Waals surface area contributed by atoms with E-state index in [1.165, 1.54) is 0 Å². The molecule has 124 valence electrons. The Morgan fingerprint density at radius 2 is 1.88 bits per heavy atom. The summed E-state index contributed by atoms with van der Waals surface area (Å²) < 4.78 is 10.8. The first kappa shape index (κ1) is 15.9. The molecule has 5 nitrogen and oxygen atoms in total. The van der Waals surface area contributed by atoms with Crippen molar-refractivity contribution >= 4 is 11.7 Å². The van der Waals surface area contributed by atoms with Crippen LogP contribution in [-0.2, 0) is 9.53 Å². The molecule has 1 heterocycles. The number of esters is 1. The van der Waals surface area contributed by atoms with Crippen LogP contribution in [0.5, 0.6) is 5.75 Å². The largest absolute Gasteiger partial charge is 0.462 e. The Labute approximate surface area is 140 Å². The highest BCUT2D eigenvalue weighted by atomic mass is 16.5. The van der Waals surface area contributed by atoms with Gasteiger partial charge in [-0.15, -0.1) is 0 Å². The molecule has 24 heavy (non-hydrogen) atoms. The molecule has 2 aromatic rings. The summed E-state index contributed by atoms with van der Waals surface area (Å²) in [5.74, 6) is -0.208. The fourth-order valence-corrected chi connectivity index (χ4v) is 2.88. The summed E-state index contributed by atoms with van der Waals surface area (Å²) in [5.41, 5.74) is 15.7. The zero-order valence-corrected chi connectivity index (χ0v) is 13.7. The number of carbonyl (C=O) groups is 1.